The summed E-state index contributed by atoms with van der Waals surface area (Å²) in [5.74, 6) is 0.880. The number of nitrogens with one attached hydrogen (secondary N) is 1. The monoisotopic (exact) mass is 353 g/mol. The molecular formula is C22H27NO3. The minimum Gasteiger partial charge on any atom is -0.491 e. The van der Waals surface area contributed by atoms with E-state index < -0.39 is 5.41 Å². The van der Waals surface area contributed by atoms with Crippen LogP contribution in [-0.2, 0) is 14.9 Å². The van der Waals surface area contributed by atoms with E-state index in [1.807, 2.05) is 69.3 Å². The van der Waals surface area contributed by atoms with Gasteiger partial charge in [-0.1, -0.05) is 30.3 Å². The lowest BCUT2D eigenvalue weighted by Gasteiger charge is -2.36. The van der Waals surface area contributed by atoms with E-state index in [0.717, 1.165) is 22.6 Å². The summed E-state index contributed by atoms with van der Waals surface area (Å²) in [6, 6.07) is 15.8. The van der Waals surface area contributed by atoms with Crippen LogP contribution in [-0.4, -0.2) is 25.2 Å². The van der Waals surface area contributed by atoms with Gasteiger partial charge in [-0.25, -0.2) is 0 Å². The highest BCUT2D eigenvalue weighted by atomic mass is 16.5. The molecule has 0 bridgehead atoms. The Hall–Kier alpha value is -2.33. The quantitative estimate of drug-likeness (QED) is 0.863. The predicted octanol–water partition coefficient (Wildman–Crippen LogP) is 4.47. The van der Waals surface area contributed by atoms with Crippen LogP contribution in [0, 0.1) is 6.92 Å². The van der Waals surface area contributed by atoms with Crippen LogP contribution in [0.2, 0.25) is 0 Å². The number of hydrogen-bond acceptors (Lipinski definition) is 3. The molecule has 1 aliphatic rings. The lowest BCUT2D eigenvalue weighted by Crippen LogP contribution is -2.44. The predicted molar refractivity (Wildman–Crippen MR) is 104 cm³/mol. The van der Waals surface area contributed by atoms with Crippen molar-refractivity contribution in [3.05, 3.63) is 59.7 Å². The van der Waals surface area contributed by atoms with Gasteiger partial charge in [-0.15, -0.1) is 0 Å². The van der Waals surface area contributed by atoms with Gasteiger partial charge in [0.2, 0.25) is 5.91 Å². The first-order chi connectivity index (χ1) is 12.5. The molecule has 1 heterocycles. The van der Waals surface area contributed by atoms with Gasteiger partial charge in [-0.3, -0.25) is 4.79 Å². The number of ether oxygens (including phenoxy) is 2. The minimum absolute atomic E-state index is 0.0314. The van der Waals surface area contributed by atoms with Crippen LogP contribution in [0.15, 0.2) is 48.5 Å². The molecule has 2 aromatic rings. The summed E-state index contributed by atoms with van der Waals surface area (Å²) < 4.78 is 11.3. The Morgan fingerprint density at radius 3 is 2.42 bits per heavy atom. The topological polar surface area (TPSA) is 47.6 Å². The number of rotatable bonds is 5. The van der Waals surface area contributed by atoms with Gasteiger partial charge < -0.3 is 14.8 Å². The van der Waals surface area contributed by atoms with Crippen molar-refractivity contribution in [1.82, 2.24) is 0 Å². The van der Waals surface area contributed by atoms with Crippen LogP contribution in [0.3, 0.4) is 0 Å². The van der Waals surface area contributed by atoms with Crippen molar-refractivity contribution in [2.24, 2.45) is 0 Å². The van der Waals surface area contributed by atoms with Crippen molar-refractivity contribution in [2.45, 2.75) is 45.1 Å². The molecule has 0 aromatic heterocycles. The number of carbonyl (C=O) groups excluding carboxylic acids is 1. The number of carbonyl (C=O) groups is 1. The summed E-state index contributed by atoms with van der Waals surface area (Å²) in [4.78, 5) is 13.3. The zero-order valence-electron chi connectivity index (χ0n) is 15.7. The van der Waals surface area contributed by atoms with Crippen molar-refractivity contribution in [1.29, 1.82) is 0 Å². The number of hydrogen-bond donors (Lipinski definition) is 1. The molecule has 1 fully saturated rings. The van der Waals surface area contributed by atoms with Gasteiger partial charge in [-0.05, 0) is 62.9 Å². The number of amides is 1. The second-order valence-electron chi connectivity index (χ2n) is 7.16. The fourth-order valence-electron chi connectivity index (χ4n) is 3.49. The van der Waals surface area contributed by atoms with Crippen LogP contribution in [0.4, 0.5) is 5.69 Å². The van der Waals surface area contributed by atoms with Crippen LogP contribution >= 0.6 is 0 Å². The third-order valence-corrected chi connectivity index (χ3v) is 4.90. The van der Waals surface area contributed by atoms with E-state index in [1.54, 1.807) is 0 Å². The van der Waals surface area contributed by atoms with Gasteiger partial charge >= 0.3 is 0 Å². The standard InChI is InChI=1S/C22H27NO3/c1-16(2)26-20-10-9-19(15-17(20)3)23-21(24)22(11-13-25-14-12-22)18-7-5-4-6-8-18/h4-10,15-16H,11-14H2,1-3H3,(H,23,24). The first kappa shape index (κ1) is 18.5. The molecule has 0 aliphatic carbocycles. The largest absolute Gasteiger partial charge is 0.491 e. The zero-order valence-corrected chi connectivity index (χ0v) is 15.7. The minimum atomic E-state index is -0.541. The third-order valence-electron chi connectivity index (χ3n) is 4.90. The fraction of sp³-hybridized carbons (Fsp3) is 0.409. The summed E-state index contributed by atoms with van der Waals surface area (Å²) in [6.07, 6.45) is 1.50. The van der Waals surface area contributed by atoms with Crippen LogP contribution in [0.1, 0.15) is 37.8 Å². The molecule has 0 radical (unpaired) electrons. The summed E-state index contributed by atoms with van der Waals surface area (Å²) in [5, 5.41) is 3.12. The first-order valence-electron chi connectivity index (χ1n) is 9.23. The molecule has 2 aromatic carbocycles. The van der Waals surface area contributed by atoms with Crippen molar-refractivity contribution < 1.29 is 14.3 Å². The molecule has 0 atom stereocenters. The molecule has 26 heavy (non-hydrogen) atoms. The van der Waals surface area contributed by atoms with E-state index >= 15 is 0 Å². The molecule has 1 aliphatic heterocycles. The van der Waals surface area contributed by atoms with Crippen LogP contribution in [0.5, 0.6) is 5.75 Å². The molecule has 4 nitrogen and oxygen atoms in total. The molecule has 0 saturated carbocycles. The highest BCUT2D eigenvalue weighted by Crippen LogP contribution is 2.36. The Balaban J connectivity index is 1.84. The van der Waals surface area contributed by atoms with Gasteiger partial charge in [0.25, 0.3) is 0 Å². The van der Waals surface area contributed by atoms with Gasteiger partial charge in [0.05, 0.1) is 11.5 Å². The van der Waals surface area contributed by atoms with Gasteiger partial charge in [0, 0.05) is 18.9 Å². The molecule has 0 unspecified atom stereocenters. The lowest BCUT2D eigenvalue weighted by molar-refractivity contribution is -0.125. The lowest BCUT2D eigenvalue weighted by atomic mass is 9.73. The van der Waals surface area contributed by atoms with Gasteiger partial charge in [0.15, 0.2) is 0 Å². The summed E-state index contributed by atoms with van der Waals surface area (Å²) in [6.45, 7) is 7.20. The molecular weight excluding hydrogens is 326 g/mol. The van der Waals surface area contributed by atoms with E-state index in [2.05, 4.69) is 5.32 Å². The Labute approximate surface area is 155 Å². The maximum absolute atomic E-state index is 13.3. The van der Waals surface area contributed by atoms with Crippen LogP contribution < -0.4 is 10.1 Å². The maximum Gasteiger partial charge on any atom is 0.235 e. The second-order valence-corrected chi connectivity index (χ2v) is 7.16. The average molecular weight is 353 g/mol. The number of aryl methyl sites for hydroxylation is 1. The maximum atomic E-state index is 13.3. The molecule has 4 heteroatoms. The van der Waals surface area contributed by atoms with E-state index in [4.69, 9.17) is 9.47 Å². The van der Waals surface area contributed by atoms with Crippen molar-refractivity contribution >= 4 is 11.6 Å². The van der Waals surface area contributed by atoms with E-state index in [0.29, 0.717) is 26.1 Å². The number of benzene rings is 2. The fourth-order valence-corrected chi connectivity index (χ4v) is 3.49. The van der Waals surface area contributed by atoms with Crippen molar-refractivity contribution in [3.63, 3.8) is 0 Å². The Bertz CT molecular complexity index is 749. The molecule has 1 N–H and O–H groups in total. The zero-order chi connectivity index (χ0) is 18.6. The Morgan fingerprint density at radius 1 is 1.12 bits per heavy atom. The molecule has 1 saturated heterocycles. The SMILES string of the molecule is Cc1cc(NC(=O)C2(c3ccccc3)CCOCC2)ccc1OC(C)C. The smallest absolute Gasteiger partial charge is 0.235 e. The summed E-state index contributed by atoms with van der Waals surface area (Å²) >= 11 is 0. The van der Waals surface area contributed by atoms with E-state index in [9.17, 15) is 4.79 Å². The van der Waals surface area contributed by atoms with E-state index in [-0.39, 0.29) is 12.0 Å². The average Bonchev–Trinajstić information content (AvgIpc) is 2.65. The van der Waals surface area contributed by atoms with Gasteiger partial charge in [0.1, 0.15) is 5.75 Å². The molecule has 3 rings (SSSR count). The highest BCUT2D eigenvalue weighted by Gasteiger charge is 2.41. The summed E-state index contributed by atoms with van der Waals surface area (Å²) in [5.41, 5.74) is 2.32. The molecule has 1 amide bonds. The first-order valence-corrected chi connectivity index (χ1v) is 9.23. The third kappa shape index (κ3) is 3.91. The van der Waals surface area contributed by atoms with E-state index in [1.165, 1.54) is 0 Å². The molecule has 0 spiro atoms. The second kappa shape index (κ2) is 7.92. The Kier molecular flexibility index (Phi) is 5.62. The van der Waals surface area contributed by atoms with Crippen LogP contribution in [0.25, 0.3) is 0 Å². The van der Waals surface area contributed by atoms with Crippen molar-refractivity contribution in [3.8, 4) is 5.75 Å². The summed E-state index contributed by atoms with van der Waals surface area (Å²) in [7, 11) is 0. The van der Waals surface area contributed by atoms with Gasteiger partial charge in [-0.2, -0.15) is 0 Å². The molecule has 138 valence electrons. The normalized spacial score (nSPS) is 16.3. The van der Waals surface area contributed by atoms with Crippen molar-refractivity contribution in [2.75, 3.05) is 18.5 Å². The number of anilines is 1. The highest BCUT2D eigenvalue weighted by molar-refractivity contribution is 5.99. The Morgan fingerprint density at radius 2 is 1.81 bits per heavy atom.